The van der Waals surface area contributed by atoms with Gasteiger partial charge in [0.25, 0.3) is 5.91 Å². The molecule has 0 bridgehead atoms. The third kappa shape index (κ3) is 2.54. The zero-order valence-corrected chi connectivity index (χ0v) is 9.52. The van der Waals surface area contributed by atoms with Crippen LogP contribution in [0.25, 0.3) is 0 Å². The molecule has 1 aromatic carbocycles. The highest BCUT2D eigenvalue weighted by Crippen LogP contribution is 2.21. The van der Waals surface area contributed by atoms with Gasteiger partial charge in [0.05, 0.1) is 10.6 Å². The lowest BCUT2D eigenvalue weighted by molar-refractivity contribution is 0.102. The highest BCUT2D eigenvalue weighted by Gasteiger charge is 2.14. The number of phenols is 1. The summed E-state index contributed by atoms with van der Waals surface area (Å²) in [4.78, 5) is 15.6. The number of hydrogen-bond acceptors (Lipinski definition) is 5. The number of aromatic hydroxyl groups is 1. The monoisotopic (exact) mass is 253 g/mol. The van der Waals surface area contributed by atoms with Crippen LogP contribution in [0.15, 0.2) is 22.7 Å². The molecule has 0 aliphatic heterocycles. The molecule has 0 atom stereocenters. The van der Waals surface area contributed by atoms with E-state index in [4.69, 9.17) is 16.1 Å². The summed E-state index contributed by atoms with van der Waals surface area (Å²) in [6.45, 7) is 1.63. The summed E-state index contributed by atoms with van der Waals surface area (Å²) in [6, 6.07) is 4.04. The predicted molar refractivity (Wildman–Crippen MR) is 60.1 cm³/mol. The van der Waals surface area contributed by atoms with Crippen LogP contribution in [-0.4, -0.2) is 21.2 Å². The van der Waals surface area contributed by atoms with Crippen molar-refractivity contribution in [1.29, 1.82) is 0 Å². The van der Waals surface area contributed by atoms with Gasteiger partial charge < -0.3 is 9.63 Å². The Balaban J connectivity index is 2.22. The summed E-state index contributed by atoms with van der Waals surface area (Å²) >= 11 is 5.82. The fraction of sp³-hybridized carbons (Fsp3) is 0.100. The van der Waals surface area contributed by atoms with Crippen LogP contribution >= 0.6 is 11.6 Å². The largest absolute Gasteiger partial charge is 0.508 e. The van der Waals surface area contributed by atoms with E-state index in [1.165, 1.54) is 18.2 Å². The van der Waals surface area contributed by atoms with Gasteiger partial charge in [-0.1, -0.05) is 16.8 Å². The van der Waals surface area contributed by atoms with Gasteiger partial charge >= 0.3 is 6.01 Å². The first-order chi connectivity index (χ1) is 8.06. The Labute approximate surface area is 101 Å². The van der Waals surface area contributed by atoms with E-state index in [2.05, 4.69) is 15.5 Å². The van der Waals surface area contributed by atoms with E-state index >= 15 is 0 Å². The zero-order chi connectivity index (χ0) is 12.4. The number of carbonyl (C=O) groups excluding carboxylic acids is 1. The molecule has 1 heterocycles. The summed E-state index contributed by atoms with van der Waals surface area (Å²) in [5.74, 6) is -0.182. The van der Waals surface area contributed by atoms with Gasteiger partial charge in [-0.15, -0.1) is 0 Å². The lowest BCUT2D eigenvalue weighted by atomic mass is 10.2. The summed E-state index contributed by atoms with van der Waals surface area (Å²) in [7, 11) is 0. The summed E-state index contributed by atoms with van der Waals surface area (Å²) in [5.41, 5.74) is 0.127. The van der Waals surface area contributed by atoms with E-state index in [1.807, 2.05) is 0 Å². The fourth-order valence-corrected chi connectivity index (χ4v) is 1.40. The second-order valence-electron chi connectivity index (χ2n) is 3.27. The number of nitrogens with one attached hydrogen (secondary N) is 1. The van der Waals surface area contributed by atoms with Gasteiger partial charge in [-0.05, 0) is 25.1 Å². The molecule has 1 aromatic heterocycles. The molecule has 0 aliphatic carbocycles. The SMILES string of the molecule is Cc1noc(NC(=O)c2cc(O)ccc2Cl)n1. The molecular weight excluding hydrogens is 246 g/mol. The van der Waals surface area contributed by atoms with Crippen molar-refractivity contribution >= 4 is 23.5 Å². The van der Waals surface area contributed by atoms with Gasteiger partial charge in [0, 0.05) is 0 Å². The normalized spacial score (nSPS) is 10.2. The van der Waals surface area contributed by atoms with Gasteiger partial charge in [0.15, 0.2) is 5.82 Å². The average molecular weight is 254 g/mol. The molecule has 0 aliphatic rings. The van der Waals surface area contributed by atoms with Crippen molar-refractivity contribution in [2.45, 2.75) is 6.92 Å². The number of halogens is 1. The first kappa shape index (κ1) is 11.4. The van der Waals surface area contributed by atoms with Crippen LogP contribution in [0.2, 0.25) is 5.02 Å². The number of nitrogens with zero attached hydrogens (tertiary/aromatic N) is 2. The second-order valence-corrected chi connectivity index (χ2v) is 3.67. The summed E-state index contributed by atoms with van der Waals surface area (Å²) in [6.07, 6.45) is 0. The van der Waals surface area contributed by atoms with Crippen LogP contribution in [0.1, 0.15) is 16.2 Å². The van der Waals surface area contributed by atoms with Crippen molar-refractivity contribution in [1.82, 2.24) is 10.1 Å². The Morgan fingerprint density at radius 2 is 2.29 bits per heavy atom. The number of rotatable bonds is 2. The maximum Gasteiger partial charge on any atom is 0.328 e. The zero-order valence-electron chi connectivity index (χ0n) is 8.77. The quantitative estimate of drug-likeness (QED) is 0.854. The van der Waals surface area contributed by atoms with Crippen LogP contribution in [0, 0.1) is 6.92 Å². The minimum Gasteiger partial charge on any atom is -0.508 e. The average Bonchev–Trinajstić information content (AvgIpc) is 2.67. The molecule has 6 nitrogen and oxygen atoms in total. The van der Waals surface area contributed by atoms with Crippen LogP contribution in [-0.2, 0) is 0 Å². The number of amides is 1. The second kappa shape index (κ2) is 4.42. The van der Waals surface area contributed by atoms with Crippen LogP contribution in [0.3, 0.4) is 0 Å². The third-order valence-electron chi connectivity index (χ3n) is 1.94. The van der Waals surface area contributed by atoms with E-state index in [-0.39, 0.29) is 22.4 Å². The van der Waals surface area contributed by atoms with Gasteiger partial charge in [-0.25, -0.2) is 0 Å². The molecule has 2 N–H and O–H groups in total. The molecule has 2 aromatic rings. The molecule has 0 saturated heterocycles. The third-order valence-corrected chi connectivity index (χ3v) is 2.27. The first-order valence-electron chi connectivity index (χ1n) is 4.66. The fourth-order valence-electron chi connectivity index (χ4n) is 1.20. The minimum atomic E-state index is -0.533. The Morgan fingerprint density at radius 1 is 1.53 bits per heavy atom. The number of hydrogen-bond donors (Lipinski definition) is 2. The molecule has 88 valence electrons. The predicted octanol–water partition coefficient (Wildman–Crippen LogP) is 1.99. The highest BCUT2D eigenvalue weighted by molar-refractivity contribution is 6.34. The summed E-state index contributed by atoms with van der Waals surface area (Å²) in [5, 5.41) is 15.4. The smallest absolute Gasteiger partial charge is 0.328 e. The lowest BCUT2D eigenvalue weighted by Gasteiger charge is -2.03. The molecule has 0 unspecified atom stereocenters. The standard InChI is InChI=1S/C10H8ClN3O3/c1-5-12-10(17-14-5)13-9(16)7-4-6(15)2-3-8(7)11/h2-4,15H,1H3,(H,12,13,14,16). The van der Waals surface area contributed by atoms with Crippen molar-refractivity contribution in [2.75, 3.05) is 5.32 Å². The van der Waals surface area contributed by atoms with Gasteiger partial charge in [-0.3, -0.25) is 10.1 Å². The Bertz CT molecular complexity index is 568. The van der Waals surface area contributed by atoms with Gasteiger partial charge in [0.2, 0.25) is 0 Å². The van der Waals surface area contributed by atoms with E-state index in [0.29, 0.717) is 5.82 Å². The molecule has 0 fully saturated rings. The van der Waals surface area contributed by atoms with E-state index < -0.39 is 5.91 Å². The molecule has 2 rings (SSSR count). The van der Waals surface area contributed by atoms with Crippen LogP contribution < -0.4 is 5.32 Å². The highest BCUT2D eigenvalue weighted by atomic mass is 35.5. The van der Waals surface area contributed by atoms with Crippen LogP contribution in [0.5, 0.6) is 5.75 Å². The molecule has 0 radical (unpaired) electrons. The molecule has 0 saturated carbocycles. The number of benzene rings is 1. The van der Waals surface area contributed by atoms with Crippen molar-refractivity contribution in [3.63, 3.8) is 0 Å². The van der Waals surface area contributed by atoms with Crippen molar-refractivity contribution in [3.8, 4) is 5.75 Å². The van der Waals surface area contributed by atoms with E-state index in [9.17, 15) is 9.90 Å². The molecule has 7 heteroatoms. The number of carbonyl (C=O) groups is 1. The lowest BCUT2D eigenvalue weighted by Crippen LogP contribution is -2.12. The van der Waals surface area contributed by atoms with Gasteiger partial charge in [-0.2, -0.15) is 4.98 Å². The Morgan fingerprint density at radius 3 is 2.94 bits per heavy atom. The van der Waals surface area contributed by atoms with Crippen molar-refractivity contribution in [2.24, 2.45) is 0 Å². The van der Waals surface area contributed by atoms with Gasteiger partial charge in [0.1, 0.15) is 5.75 Å². The van der Waals surface area contributed by atoms with E-state index in [0.717, 1.165) is 0 Å². The molecular formula is C10H8ClN3O3. The minimum absolute atomic E-state index is 0.0214. The topological polar surface area (TPSA) is 88.2 Å². The molecule has 17 heavy (non-hydrogen) atoms. The maximum absolute atomic E-state index is 11.8. The summed E-state index contributed by atoms with van der Waals surface area (Å²) < 4.78 is 4.73. The Hall–Kier alpha value is -2.08. The number of anilines is 1. The van der Waals surface area contributed by atoms with Crippen molar-refractivity contribution in [3.05, 3.63) is 34.6 Å². The maximum atomic E-state index is 11.8. The number of aryl methyl sites for hydroxylation is 1. The molecule has 0 spiro atoms. The van der Waals surface area contributed by atoms with Crippen molar-refractivity contribution < 1.29 is 14.4 Å². The number of phenolic OH excluding ortho intramolecular Hbond substituents is 1. The Kier molecular flexibility index (Phi) is 2.97. The van der Waals surface area contributed by atoms with E-state index in [1.54, 1.807) is 6.92 Å². The molecule has 1 amide bonds. The van der Waals surface area contributed by atoms with Crippen LogP contribution in [0.4, 0.5) is 6.01 Å². The number of aromatic nitrogens is 2. The first-order valence-corrected chi connectivity index (χ1v) is 5.04.